The summed E-state index contributed by atoms with van der Waals surface area (Å²) in [7, 11) is 0. The SMILES string of the molecule is O=C(C(c1ccc(F)cc1)N1CCCCC1)N(CCO)Cc1ccc(F)cc1. The van der Waals surface area contributed by atoms with Gasteiger partial charge in [-0.1, -0.05) is 30.7 Å². The van der Waals surface area contributed by atoms with Crippen LogP contribution in [0.3, 0.4) is 0 Å². The molecule has 0 saturated carbocycles. The second-order valence-electron chi connectivity index (χ2n) is 7.16. The van der Waals surface area contributed by atoms with Crippen LogP contribution >= 0.6 is 0 Å². The number of hydrogen-bond acceptors (Lipinski definition) is 3. The standard InChI is InChI=1S/C22H26F2N2O2/c23-19-8-4-17(5-9-19)16-26(14-15-27)22(28)21(25-12-2-1-3-13-25)18-6-10-20(24)11-7-18/h4-11,21,27H,1-3,12-16H2. The summed E-state index contributed by atoms with van der Waals surface area (Å²) in [5.41, 5.74) is 1.54. The fraction of sp³-hybridized carbons (Fsp3) is 0.409. The zero-order chi connectivity index (χ0) is 19.9. The first-order valence-electron chi connectivity index (χ1n) is 9.72. The minimum atomic E-state index is -0.520. The number of aliphatic hydroxyl groups is 1. The molecular weight excluding hydrogens is 362 g/mol. The molecule has 1 atom stereocenters. The van der Waals surface area contributed by atoms with E-state index in [1.807, 2.05) is 0 Å². The summed E-state index contributed by atoms with van der Waals surface area (Å²) in [4.78, 5) is 17.2. The van der Waals surface area contributed by atoms with Gasteiger partial charge in [0.1, 0.15) is 17.7 Å². The fourth-order valence-corrected chi connectivity index (χ4v) is 3.70. The first-order chi connectivity index (χ1) is 13.6. The number of likely N-dealkylation sites (tertiary alicyclic amines) is 1. The van der Waals surface area contributed by atoms with Gasteiger partial charge in [-0.2, -0.15) is 0 Å². The lowest BCUT2D eigenvalue weighted by atomic mass is 10.00. The molecule has 28 heavy (non-hydrogen) atoms. The molecule has 0 radical (unpaired) electrons. The molecule has 2 aromatic rings. The van der Waals surface area contributed by atoms with Crippen LogP contribution in [0.5, 0.6) is 0 Å². The lowest BCUT2D eigenvalue weighted by Gasteiger charge is -2.37. The van der Waals surface area contributed by atoms with Crippen molar-refractivity contribution in [1.82, 2.24) is 9.80 Å². The van der Waals surface area contributed by atoms with Crippen LogP contribution in [-0.4, -0.2) is 47.1 Å². The summed E-state index contributed by atoms with van der Waals surface area (Å²) in [5, 5.41) is 9.49. The van der Waals surface area contributed by atoms with Gasteiger partial charge in [0, 0.05) is 13.1 Å². The highest BCUT2D eigenvalue weighted by Crippen LogP contribution is 2.27. The van der Waals surface area contributed by atoms with Crippen LogP contribution < -0.4 is 0 Å². The largest absolute Gasteiger partial charge is 0.395 e. The molecule has 2 aromatic carbocycles. The molecule has 1 fully saturated rings. The number of benzene rings is 2. The molecule has 1 aliphatic heterocycles. The van der Waals surface area contributed by atoms with Crippen molar-refractivity contribution in [2.45, 2.75) is 31.8 Å². The third kappa shape index (κ3) is 5.14. The number of carbonyl (C=O) groups excluding carboxylic acids is 1. The number of rotatable bonds is 7. The zero-order valence-corrected chi connectivity index (χ0v) is 15.9. The van der Waals surface area contributed by atoms with Crippen LogP contribution in [0.4, 0.5) is 8.78 Å². The van der Waals surface area contributed by atoms with Crippen LogP contribution in [-0.2, 0) is 11.3 Å². The van der Waals surface area contributed by atoms with Crippen molar-refractivity contribution >= 4 is 5.91 Å². The Morgan fingerprint density at radius 1 is 0.964 bits per heavy atom. The molecule has 1 heterocycles. The van der Waals surface area contributed by atoms with Crippen molar-refractivity contribution in [2.75, 3.05) is 26.2 Å². The molecule has 150 valence electrons. The number of hydrogen-bond donors (Lipinski definition) is 1. The molecular formula is C22H26F2N2O2. The first kappa shape index (κ1) is 20.4. The molecule has 0 aliphatic carbocycles. The lowest BCUT2D eigenvalue weighted by molar-refractivity contribution is -0.139. The molecule has 0 spiro atoms. The summed E-state index contributed by atoms with van der Waals surface area (Å²) in [6.45, 7) is 1.91. The van der Waals surface area contributed by atoms with Crippen molar-refractivity contribution in [3.8, 4) is 0 Å². The van der Waals surface area contributed by atoms with Crippen LogP contribution in [0.25, 0.3) is 0 Å². The molecule has 1 saturated heterocycles. The van der Waals surface area contributed by atoms with Gasteiger partial charge in [-0.3, -0.25) is 9.69 Å². The van der Waals surface area contributed by atoms with E-state index < -0.39 is 6.04 Å². The quantitative estimate of drug-likeness (QED) is 0.789. The second-order valence-corrected chi connectivity index (χ2v) is 7.16. The molecule has 1 unspecified atom stereocenters. The Hall–Kier alpha value is -2.31. The van der Waals surface area contributed by atoms with E-state index in [4.69, 9.17) is 0 Å². The predicted octanol–water partition coefficient (Wildman–Crippen LogP) is 3.51. The topological polar surface area (TPSA) is 43.8 Å². The third-order valence-electron chi connectivity index (χ3n) is 5.14. The van der Waals surface area contributed by atoms with Gasteiger partial charge >= 0.3 is 0 Å². The van der Waals surface area contributed by atoms with Gasteiger partial charge < -0.3 is 10.0 Å². The van der Waals surface area contributed by atoms with E-state index in [2.05, 4.69) is 4.90 Å². The Bertz CT molecular complexity index is 759. The zero-order valence-electron chi connectivity index (χ0n) is 15.9. The van der Waals surface area contributed by atoms with Gasteiger partial charge in [0.25, 0.3) is 0 Å². The van der Waals surface area contributed by atoms with Crippen LogP contribution in [0.15, 0.2) is 48.5 Å². The van der Waals surface area contributed by atoms with E-state index in [0.29, 0.717) is 0 Å². The van der Waals surface area contributed by atoms with Crippen LogP contribution in [0.2, 0.25) is 0 Å². The maximum atomic E-state index is 13.5. The van der Waals surface area contributed by atoms with E-state index in [1.165, 1.54) is 24.3 Å². The number of halogens is 2. The number of amides is 1. The highest BCUT2D eigenvalue weighted by Gasteiger charge is 2.32. The molecule has 6 heteroatoms. The smallest absolute Gasteiger partial charge is 0.244 e. The Morgan fingerprint density at radius 3 is 2.11 bits per heavy atom. The summed E-state index contributed by atoms with van der Waals surface area (Å²) in [6.07, 6.45) is 3.17. The first-order valence-corrected chi connectivity index (χ1v) is 9.72. The van der Waals surface area contributed by atoms with Crippen molar-refractivity contribution < 1.29 is 18.7 Å². The predicted molar refractivity (Wildman–Crippen MR) is 103 cm³/mol. The summed E-state index contributed by atoms with van der Waals surface area (Å²) in [6, 6.07) is 11.5. The van der Waals surface area contributed by atoms with Crippen molar-refractivity contribution in [2.24, 2.45) is 0 Å². The van der Waals surface area contributed by atoms with Crippen molar-refractivity contribution in [3.05, 3.63) is 71.3 Å². The highest BCUT2D eigenvalue weighted by molar-refractivity contribution is 5.83. The minimum absolute atomic E-state index is 0.133. The van der Waals surface area contributed by atoms with Crippen LogP contribution in [0.1, 0.15) is 36.4 Å². The average molecular weight is 388 g/mol. The van der Waals surface area contributed by atoms with E-state index >= 15 is 0 Å². The van der Waals surface area contributed by atoms with Gasteiger partial charge in [0.05, 0.1) is 6.61 Å². The lowest BCUT2D eigenvalue weighted by Crippen LogP contribution is -2.45. The minimum Gasteiger partial charge on any atom is -0.395 e. The Morgan fingerprint density at radius 2 is 1.54 bits per heavy atom. The highest BCUT2D eigenvalue weighted by atomic mass is 19.1. The van der Waals surface area contributed by atoms with Gasteiger partial charge in [0.2, 0.25) is 5.91 Å². The molecule has 4 nitrogen and oxygen atoms in total. The van der Waals surface area contributed by atoms with Gasteiger partial charge in [-0.05, 0) is 61.3 Å². The maximum absolute atomic E-state index is 13.5. The molecule has 1 N–H and O–H groups in total. The Labute approximate surface area is 164 Å². The Kier molecular flexibility index (Phi) is 7.12. The Balaban J connectivity index is 1.87. The third-order valence-corrected chi connectivity index (χ3v) is 5.14. The summed E-state index contributed by atoms with van der Waals surface area (Å²) < 4.78 is 26.6. The van der Waals surface area contributed by atoms with Crippen molar-refractivity contribution in [1.29, 1.82) is 0 Å². The second kappa shape index (κ2) is 9.75. The van der Waals surface area contributed by atoms with Crippen LogP contribution in [0, 0.1) is 11.6 Å². The molecule has 1 aliphatic rings. The average Bonchev–Trinajstić information content (AvgIpc) is 2.71. The van der Waals surface area contributed by atoms with E-state index in [9.17, 15) is 18.7 Å². The van der Waals surface area contributed by atoms with E-state index in [0.717, 1.165) is 43.5 Å². The normalized spacial score (nSPS) is 16.0. The number of aliphatic hydroxyl groups excluding tert-OH is 1. The molecule has 0 bridgehead atoms. The molecule has 0 aromatic heterocycles. The number of carbonyl (C=O) groups is 1. The molecule has 3 rings (SSSR count). The molecule has 1 amide bonds. The van der Waals surface area contributed by atoms with Gasteiger partial charge in [-0.25, -0.2) is 8.78 Å². The van der Waals surface area contributed by atoms with Gasteiger partial charge in [0.15, 0.2) is 0 Å². The van der Waals surface area contributed by atoms with E-state index in [1.54, 1.807) is 29.2 Å². The number of piperidine rings is 1. The summed E-state index contributed by atoms with van der Waals surface area (Å²) in [5.74, 6) is -0.805. The number of nitrogens with zero attached hydrogens (tertiary/aromatic N) is 2. The fourth-order valence-electron chi connectivity index (χ4n) is 3.70. The van der Waals surface area contributed by atoms with E-state index in [-0.39, 0.29) is 37.2 Å². The maximum Gasteiger partial charge on any atom is 0.244 e. The van der Waals surface area contributed by atoms with Crippen molar-refractivity contribution in [3.63, 3.8) is 0 Å². The summed E-state index contributed by atoms with van der Waals surface area (Å²) >= 11 is 0. The monoisotopic (exact) mass is 388 g/mol. The van der Waals surface area contributed by atoms with Gasteiger partial charge in [-0.15, -0.1) is 0 Å².